The predicted molar refractivity (Wildman–Crippen MR) is 119 cm³/mol. The first-order valence-corrected chi connectivity index (χ1v) is 11.5. The van der Waals surface area contributed by atoms with Gasteiger partial charge in [-0.05, 0) is 30.7 Å². The molecule has 1 N–H and O–H groups in total. The minimum absolute atomic E-state index is 0.301. The zero-order valence-electron chi connectivity index (χ0n) is 16.7. The largest absolute Gasteiger partial charge is 0.454 e. The van der Waals surface area contributed by atoms with Gasteiger partial charge in [0.05, 0.1) is 6.54 Å². The summed E-state index contributed by atoms with van der Waals surface area (Å²) >= 11 is 3.05. The third kappa shape index (κ3) is 4.84. The zero-order chi connectivity index (χ0) is 20.9. The maximum absolute atomic E-state index is 5.45. The summed E-state index contributed by atoms with van der Waals surface area (Å²) in [6.45, 7) is 3.54. The molecule has 4 aromatic rings. The standard InChI is InChI=1S/C20H21N7O2S2/c1(4-21-11-15-2-3-16-17(10-15)29-14-28-16)7-26(12-18-23-6-9-30-18)20-24-19(25-31-20)27-8-5-22-13-27/h2-3,5-6,8-10,13,21H,1,4,7,11-12,14H2. The number of imidazole rings is 1. The molecule has 0 atom stereocenters. The van der Waals surface area contributed by atoms with Crippen LogP contribution in [0.4, 0.5) is 5.13 Å². The van der Waals surface area contributed by atoms with Crippen LogP contribution in [0.15, 0.2) is 48.5 Å². The smallest absolute Gasteiger partial charge is 0.248 e. The van der Waals surface area contributed by atoms with Crippen molar-refractivity contribution in [2.75, 3.05) is 24.8 Å². The van der Waals surface area contributed by atoms with Crippen molar-refractivity contribution < 1.29 is 9.47 Å². The molecular formula is C20H21N7O2S2. The maximum atomic E-state index is 5.45. The average Bonchev–Trinajstić information content (AvgIpc) is 3.59. The predicted octanol–water partition coefficient (Wildman–Crippen LogP) is 3.10. The van der Waals surface area contributed by atoms with Crippen molar-refractivity contribution in [1.82, 2.24) is 29.2 Å². The van der Waals surface area contributed by atoms with E-state index in [-0.39, 0.29) is 0 Å². The number of nitrogens with zero attached hydrogens (tertiary/aromatic N) is 6. The van der Waals surface area contributed by atoms with Gasteiger partial charge in [0, 0.05) is 48.6 Å². The molecule has 1 aliphatic rings. The van der Waals surface area contributed by atoms with Crippen LogP contribution >= 0.6 is 22.9 Å². The first-order valence-electron chi connectivity index (χ1n) is 9.90. The van der Waals surface area contributed by atoms with E-state index in [9.17, 15) is 0 Å². The van der Waals surface area contributed by atoms with E-state index in [0.717, 1.165) is 54.2 Å². The van der Waals surface area contributed by atoms with Gasteiger partial charge < -0.3 is 19.7 Å². The average molecular weight is 456 g/mol. The Kier molecular flexibility index (Phi) is 6.05. The van der Waals surface area contributed by atoms with Crippen LogP contribution in [-0.4, -0.2) is 43.8 Å². The highest BCUT2D eigenvalue weighted by Crippen LogP contribution is 2.32. The highest BCUT2D eigenvalue weighted by atomic mass is 32.1. The van der Waals surface area contributed by atoms with Gasteiger partial charge in [-0.2, -0.15) is 9.36 Å². The van der Waals surface area contributed by atoms with E-state index < -0.39 is 0 Å². The quantitative estimate of drug-likeness (QED) is 0.365. The molecule has 1 aromatic carbocycles. The van der Waals surface area contributed by atoms with E-state index in [4.69, 9.17) is 14.5 Å². The van der Waals surface area contributed by atoms with Gasteiger partial charge in [-0.15, -0.1) is 11.3 Å². The monoisotopic (exact) mass is 455 g/mol. The topological polar surface area (TPSA) is 90.2 Å². The number of rotatable bonds is 10. The Bertz CT molecular complexity index is 1100. The molecule has 0 amide bonds. The third-order valence-electron chi connectivity index (χ3n) is 4.77. The highest BCUT2D eigenvalue weighted by Gasteiger charge is 2.16. The van der Waals surface area contributed by atoms with E-state index >= 15 is 0 Å². The Morgan fingerprint density at radius 3 is 3.03 bits per heavy atom. The molecule has 9 nitrogen and oxygen atoms in total. The van der Waals surface area contributed by atoms with Crippen LogP contribution in [-0.2, 0) is 13.1 Å². The lowest BCUT2D eigenvalue weighted by atomic mass is 10.2. The number of hydrogen-bond acceptors (Lipinski definition) is 10. The van der Waals surface area contributed by atoms with Gasteiger partial charge >= 0.3 is 0 Å². The van der Waals surface area contributed by atoms with Gasteiger partial charge in [0.25, 0.3) is 0 Å². The summed E-state index contributed by atoms with van der Waals surface area (Å²) in [6, 6.07) is 6.06. The Balaban J connectivity index is 1.17. The Labute approximate surface area is 187 Å². The van der Waals surface area contributed by atoms with Gasteiger partial charge in [-0.3, -0.25) is 4.57 Å². The minimum atomic E-state index is 0.301. The first-order chi connectivity index (χ1) is 15.3. The second kappa shape index (κ2) is 9.41. The molecule has 160 valence electrons. The van der Waals surface area contributed by atoms with Crippen molar-refractivity contribution in [3.05, 3.63) is 59.1 Å². The molecule has 0 fully saturated rings. The summed E-state index contributed by atoms with van der Waals surface area (Å²) in [4.78, 5) is 15.4. The number of thiazole rings is 1. The molecule has 0 spiro atoms. The summed E-state index contributed by atoms with van der Waals surface area (Å²) in [5.74, 6) is 2.27. The Morgan fingerprint density at radius 2 is 2.16 bits per heavy atom. The summed E-state index contributed by atoms with van der Waals surface area (Å²) in [7, 11) is 0. The van der Waals surface area contributed by atoms with Crippen molar-refractivity contribution in [1.29, 1.82) is 0 Å². The van der Waals surface area contributed by atoms with E-state index in [1.54, 1.807) is 23.9 Å². The van der Waals surface area contributed by atoms with E-state index in [1.807, 2.05) is 34.5 Å². The molecular weight excluding hydrogens is 434 g/mol. The minimum Gasteiger partial charge on any atom is -0.454 e. The van der Waals surface area contributed by atoms with Crippen LogP contribution in [0.25, 0.3) is 5.95 Å². The molecule has 3 aromatic heterocycles. The fourth-order valence-electron chi connectivity index (χ4n) is 3.23. The van der Waals surface area contributed by atoms with E-state index in [1.165, 1.54) is 17.1 Å². The van der Waals surface area contributed by atoms with Crippen LogP contribution in [0.5, 0.6) is 11.5 Å². The second-order valence-electron chi connectivity index (χ2n) is 6.91. The summed E-state index contributed by atoms with van der Waals surface area (Å²) in [6.07, 6.45) is 8.08. The van der Waals surface area contributed by atoms with Crippen molar-refractivity contribution in [3.63, 3.8) is 0 Å². The van der Waals surface area contributed by atoms with Gasteiger partial charge in [0.2, 0.25) is 17.9 Å². The van der Waals surface area contributed by atoms with Gasteiger partial charge in [-0.1, -0.05) is 6.07 Å². The Hall–Kier alpha value is -3.02. The fraction of sp³-hybridized carbons (Fsp3) is 0.300. The molecule has 0 aliphatic carbocycles. The molecule has 11 heteroatoms. The second-order valence-corrected chi connectivity index (χ2v) is 8.62. The summed E-state index contributed by atoms with van der Waals surface area (Å²) in [5.41, 5.74) is 1.18. The highest BCUT2D eigenvalue weighted by molar-refractivity contribution is 7.10. The number of ether oxygens (including phenoxy) is 2. The molecule has 0 saturated heterocycles. The zero-order valence-corrected chi connectivity index (χ0v) is 18.3. The van der Waals surface area contributed by atoms with Crippen LogP contribution in [0.2, 0.25) is 0 Å². The van der Waals surface area contributed by atoms with Gasteiger partial charge in [-0.25, -0.2) is 9.97 Å². The van der Waals surface area contributed by atoms with Crippen molar-refractivity contribution in [2.24, 2.45) is 0 Å². The van der Waals surface area contributed by atoms with Crippen molar-refractivity contribution in [3.8, 4) is 17.4 Å². The van der Waals surface area contributed by atoms with Gasteiger partial charge in [0.1, 0.15) is 11.3 Å². The molecule has 0 bridgehead atoms. The van der Waals surface area contributed by atoms with Crippen molar-refractivity contribution in [2.45, 2.75) is 19.5 Å². The van der Waals surface area contributed by atoms with Crippen molar-refractivity contribution >= 4 is 28.0 Å². The fourth-order valence-corrected chi connectivity index (χ4v) is 4.56. The molecule has 5 rings (SSSR count). The molecule has 0 saturated carbocycles. The number of aromatic nitrogens is 5. The molecule has 31 heavy (non-hydrogen) atoms. The molecule has 1 aliphatic heterocycles. The number of anilines is 1. The summed E-state index contributed by atoms with van der Waals surface area (Å²) in [5, 5.41) is 7.45. The molecule has 4 heterocycles. The lowest BCUT2D eigenvalue weighted by molar-refractivity contribution is 0.174. The van der Waals surface area contributed by atoms with Crippen LogP contribution in [0.3, 0.4) is 0 Å². The maximum Gasteiger partial charge on any atom is 0.248 e. The normalized spacial score (nSPS) is 12.4. The SMILES string of the molecule is c1cn(-c2nsc(N(CCCNCc3ccc4c(c3)OCO4)Cc3nccs3)n2)cn1. The lowest BCUT2D eigenvalue weighted by Gasteiger charge is -2.20. The lowest BCUT2D eigenvalue weighted by Crippen LogP contribution is -2.27. The van der Waals surface area contributed by atoms with Crippen LogP contribution in [0, 0.1) is 0 Å². The number of fused-ring (bicyclic) bond motifs is 1. The van der Waals surface area contributed by atoms with Crippen LogP contribution < -0.4 is 19.7 Å². The van der Waals surface area contributed by atoms with E-state index in [0.29, 0.717) is 12.7 Å². The number of benzene rings is 1. The summed E-state index contributed by atoms with van der Waals surface area (Å²) < 4.78 is 17.1. The number of nitrogens with one attached hydrogen (secondary N) is 1. The van der Waals surface area contributed by atoms with Crippen LogP contribution in [0.1, 0.15) is 17.0 Å². The molecule has 0 unspecified atom stereocenters. The number of hydrogen-bond donors (Lipinski definition) is 1. The third-order valence-corrected chi connectivity index (χ3v) is 6.30. The molecule has 0 radical (unpaired) electrons. The van der Waals surface area contributed by atoms with Gasteiger partial charge in [0.15, 0.2) is 11.5 Å². The Morgan fingerprint density at radius 1 is 1.19 bits per heavy atom. The first kappa shape index (κ1) is 19.9. The van der Waals surface area contributed by atoms with E-state index in [2.05, 4.69) is 30.6 Å².